The molecule has 5 heteroatoms. The Morgan fingerprint density at radius 2 is 2.17 bits per heavy atom. The van der Waals surface area contributed by atoms with Crippen molar-refractivity contribution in [2.45, 2.75) is 12.6 Å². The standard InChI is InChI=1S/C13H17N3O2/c1-15-6-7-16(13(15)17)9-12(14)10-4-3-5-11(8-10)18-2/h3-8,12H,9,14H2,1-2H3. The summed E-state index contributed by atoms with van der Waals surface area (Å²) in [5.74, 6) is 0.767. The van der Waals surface area contributed by atoms with Gasteiger partial charge in [0.25, 0.3) is 0 Å². The molecule has 1 aromatic heterocycles. The van der Waals surface area contributed by atoms with E-state index in [-0.39, 0.29) is 11.7 Å². The predicted molar refractivity (Wildman–Crippen MR) is 69.6 cm³/mol. The monoisotopic (exact) mass is 247 g/mol. The average molecular weight is 247 g/mol. The zero-order chi connectivity index (χ0) is 13.1. The lowest BCUT2D eigenvalue weighted by Crippen LogP contribution is -2.27. The number of nitrogens with two attached hydrogens (primary N) is 1. The molecule has 0 fully saturated rings. The van der Waals surface area contributed by atoms with Gasteiger partial charge in [-0.05, 0) is 17.7 Å². The summed E-state index contributed by atoms with van der Waals surface area (Å²) in [4.78, 5) is 11.7. The van der Waals surface area contributed by atoms with Crippen LogP contribution in [0.5, 0.6) is 5.75 Å². The highest BCUT2D eigenvalue weighted by Crippen LogP contribution is 2.18. The first kappa shape index (κ1) is 12.4. The van der Waals surface area contributed by atoms with E-state index in [1.54, 1.807) is 31.1 Å². The van der Waals surface area contributed by atoms with E-state index in [2.05, 4.69) is 0 Å². The Balaban J connectivity index is 2.19. The fourth-order valence-electron chi connectivity index (χ4n) is 1.84. The van der Waals surface area contributed by atoms with Gasteiger partial charge in [0.15, 0.2) is 0 Å². The molecule has 5 nitrogen and oxygen atoms in total. The molecule has 1 unspecified atom stereocenters. The summed E-state index contributed by atoms with van der Waals surface area (Å²) in [5.41, 5.74) is 6.99. The summed E-state index contributed by atoms with van der Waals surface area (Å²) in [6.07, 6.45) is 3.46. The zero-order valence-electron chi connectivity index (χ0n) is 10.5. The fourth-order valence-corrected chi connectivity index (χ4v) is 1.84. The minimum absolute atomic E-state index is 0.0617. The fraction of sp³-hybridized carbons (Fsp3) is 0.308. The number of ether oxygens (including phenoxy) is 1. The van der Waals surface area contributed by atoms with Crippen molar-refractivity contribution in [3.05, 3.63) is 52.7 Å². The van der Waals surface area contributed by atoms with E-state index in [0.717, 1.165) is 11.3 Å². The Morgan fingerprint density at radius 1 is 1.39 bits per heavy atom. The molecular weight excluding hydrogens is 230 g/mol. The number of benzene rings is 1. The number of aryl methyl sites for hydroxylation is 1. The summed E-state index contributed by atoms with van der Waals surface area (Å²) < 4.78 is 8.28. The lowest BCUT2D eigenvalue weighted by atomic mass is 10.1. The van der Waals surface area contributed by atoms with Crippen LogP contribution in [-0.4, -0.2) is 16.2 Å². The summed E-state index contributed by atoms with van der Waals surface area (Å²) >= 11 is 0. The van der Waals surface area contributed by atoms with Gasteiger partial charge < -0.3 is 15.0 Å². The van der Waals surface area contributed by atoms with Crippen molar-refractivity contribution >= 4 is 0 Å². The first-order chi connectivity index (χ1) is 8.61. The summed E-state index contributed by atoms with van der Waals surface area (Å²) in [6, 6.07) is 7.34. The van der Waals surface area contributed by atoms with Crippen molar-refractivity contribution in [1.29, 1.82) is 0 Å². The third kappa shape index (κ3) is 2.46. The Bertz CT molecular complexity index is 586. The lowest BCUT2D eigenvalue weighted by molar-refractivity contribution is 0.413. The van der Waals surface area contributed by atoms with Gasteiger partial charge in [-0.2, -0.15) is 0 Å². The summed E-state index contributed by atoms with van der Waals surface area (Å²) in [5, 5.41) is 0. The normalized spacial score (nSPS) is 12.4. The van der Waals surface area contributed by atoms with Gasteiger partial charge in [-0.15, -0.1) is 0 Å². The van der Waals surface area contributed by atoms with Crippen LogP contribution in [0.4, 0.5) is 0 Å². The highest BCUT2D eigenvalue weighted by molar-refractivity contribution is 5.30. The molecule has 2 aromatic rings. The maximum absolute atomic E-state index is 11.7. The molecule has 0 spiro atoms. The van der Waals surface area contributed by atoms with E-state index in [9.17, 15) is 4.79 Å². The molecule has 0 amide bonds. The van der Waals surface area contributed by atoms with Crippen LogP contribution in [0.3, 0.4) is 0 Å². The van der Waals surface area contributed by atoms with Gasteiger partial charge in [0.1, 0.15) is 5.75 Å². The number of hydrogen-bond acceptors (Lipinski definition) is 3. The number of methoxy groups -OCH3 is 1. The molecule has 1 heterocycles. The van der Waals surface area contributed by atoms with Crippen LogP contribution in [0.1, 0.15) is 11.6 Å². The quantitative estimate of drug-likeness (QED) is 0.873. The Morgan fingerprint density at radius 3 is 2.78 bits per heavy atom. The third-order valence-corrected chi connectivity index (χ3v) is 2.93. The lowest BCUT2D eigenvalue weighted by Gasteiger charge is -2.13. The van der Waals surface area contributed by atoms with Crippen LogP contribution >= 0.6 is 0 Å². The molecule has 96 valence electrons. The number of imidazole rings is 1. The van der Waals surface area contributed by atoms with Gasteiger partial charge in [-0.3, -0.25) is 4.57 Å². The summed E-state index contributed by atoms with van der Waals surface area (Å²) in [7, 11) is 3.34. The van der Waals surface area contributed by atoms with Gasteiger partial charge in [-0.1, -0.05) is 12.1 Å². The van der Waals surface area contributed by atoms with Crippen LogP contribution < -0.4 is 16.2 Å². The Labute approximate surface area is 105 Å². The first-order valence-electron chi connectivity index (χ1n) is 5.73. The second-order valence-electron chi connectivity index (χ2n) is 4.23. The molecule has 0 bridgehead atoms. The smallest absolute Gasteiger partial charge is 0.327 e. The van der Waals surface area contributed by atoms with Crippen molar-refractivity contribution < 1.29 is 4.74 Å². The molecule has 0 saturated heterocycles. The highest BCUT2D eigenvalue weighted by atomic mass is 16.5. The maximum atomic E-state index is 11.7. The SMILES string of the molecule is COc1cccc(C(N)Cn2ccn(C)c2=O)c1. The van der Waals surface area contributed by atoms with E-state index in [0.29, 0.717) is 6.54 Å². The van der Waals surface area contributed by atoms with Gasteiger partial charge >= 0.3 is 5.69 Å². The molecule has 0 aliphatic heterocycles. The van der Waals surface area contributed by atoms with E-state index in [1.165, 1.54) is 4.57 Å². The van der Waals surface area contributed by atoms with Crippen LogP contribution in [0.2, 0.25) is 0 Å². The molecular formula is C13H17N3O2. The van der Waals surface area contributed by atoms with Crippen LogP contribution in [0, 0.1) is 0 Å². The number of rotatable bonds is 4. The van der Waals surface area contributed by atoms with Crippen LogP contribution in [0.25, 0.3) is 0 Å². The summed E-state index contributed by atoms with van der Waals surface area (Å²) in [6.45, 7) is 0.451. The molecule has 0 radical (unpaired) electrons. The van der Waals surface area contributed by atoms with Crippen molar-refractivity contribution in [2.24, 2.45) is 12.8 Å². The second kappa shape index (κ2) is 5.10. The minimum atomic E-state index is -0.236. The van der Waals surface area contributed by atoms with E-state index < -0.39 is 0 Å². The number of aromatic nitrogens is 2. The highest BCUT2D eigenvalue weighted by Gasteiger charge is 2.09. The largest absolute Gasteiger partial charge is 0.497 e. The van der Waals surface area contributed by atoms with Crippen molar-refractivity contribution in [2.75, 3.05) is 7.11 Å². The number of nitrogens with zero attached hydrogens (tertiary/aromatic N) is 2. The molecule has 1 aromatic carbocycles. The second-order valence-corrected chi connectivity index (χ2v) is 4.23. The van der Waals surface area contributed by atoms with Crippen LogP contribution in [-0.2, 0) is 13.6 Å². The van der Waals surface area contributed by atoms with Crippen molar-refractivity contribution in [3.8, 4) is 5.75 Å². The zero-order valence-corrected chi connectivity index (χ0v) is 10.5. The Hall–Kier alpha value is -2.01. The first-order valence-corrected chi connectivity index (χ1v) is 5.73. The number of hydrogen-bond donors (Lipinski definition) is 1. The van der Waals surface area contributed by atoms with E-state index in [1.807, 2.05) is 24.3 Å². The molecule has 2 N–H and O–H groups in total. The van der Waals surface area contributed by atoms with E-state index in [4.69, 9.17) is 10.5 Å². The molecule has 0 aliphatic rings. The predicted octanol–water partition coefficient (Wildman–Crippen LogP) is 0.895. The molecule has 0 saturated carbocycles. The topological polar surface area (TPSA) is 62.2 Å². The van der Waals surface area contributed by atoms with E-state index >= 15 is 0 Å². The van der Waals surface area contributed by atoms with Crippen molar-refractivity contribution in [1.82, 2.24) is 9.13 Å². The van der Waals surface area contributed by atoms with Crippen LogP contribution in [0.15, 0.2) is 41.5 Å². The van der Waals surface area contributed by atoms with Gasteiger partial charge in [-0.25, -0.2) is 4.79 Å². The van der Waals surface area contributed by atoms with Crippen molar-refractivity contribution in [3.63, 3.8) is 0 Å². The van der Waals surface area contributed by atoms with Gasteiger partial charge in [0.05, 0.1) is 7.11 Å². The third-order valence-electron chi connectivity index (χ3n) is 2.93. The minimum Gasteiger partial charge on any atom is -0.497 e. The average Bonchev–Trinajstić information content (AvgIpc) is 2.71. The molecule has 2 rings (SSSR count). The molecule has 18 heavy (non-hydrogen) atoms. The Kier molecular flexibility index (Phi) is 3.53. The molecule has 0 aliphatic carbocycles. The molecule has 1 atom stereocenters. The van der Waals surface area contributed by atoms with Gasteiger partial charge in [0.2, 0.25) is 0 Å². The maximum Gasteiger partial charge on any atom is 0.327 e. The van der Waals surface area contributed by atoms with Gasteiger partial charge in [0, 0.05) is 32.0 Å².